The Labute approximate surface area is 212 Å². The number of benzene rings is 3. The molecule has 0 aliphatic carbocycles. The number of carbonyl (C=O) groups is 1. The first kappa shape index (κ1) is 25.5. The van der Waals surface area contributed by atoms with Gasteiger partial charge in [0.15, 0.2) is 11.5 Å². The third-order valence-corrected chi connectivity index (χ3v) is 6.35. The maximum absolute atomic E-state index is 13.2. The highest BCUT2D eigenvalue weighted by molar-refractivity contribution is 5.95. The molecule has 7 heteroatoms. The maximum atomic E-state index is 13.2. The molecule has 0 saturated carbocycles. The summed E-state index contributed by atoms with van der Waals surface area (Å²) in [5, 5.41) is 3.12. The van der Waals surface area contributed by atoms with Crippen LogP contribution in [0.15, 0.2) is 66.7 Å². The highest BCUT2D eigenvalue weighted by Gasteiger charge is 2.24. The van der Waals surface area contributed by atoms with Gasteiger partial charge in [-0.1, -0.05) is 60.2 Å². The molecule has 0 bridgehead atoms. The van der Waals surface area contributed by atoms with E-state index in [4.69, 9.17) is 18.9 Å². The van der Waals surface area contributed by atoms with Gasteiger partial charge in [0.05, 0.1) is 33.5 Å². The van der Waals surface area contributed by atoms with E-state index >= 15 is 0 Å². The Morgan fingerprint density at radius 3 is 2.22 bits per heavy atom. The molecule has 1 aliphatic rings. The summed E-state index contributed by atoms with van der Waals surface area (Å²) in [5.41, 5.74) is 3.84. The van der Waals surface area contributed by atoms with Crippen LogP contribution < -0.4 is 19.5 Å². The van der Waals surface area contributed by atoms with Gasteiger partial charge in [0.2, 0.25) is 5.75 Å². The first-order valence-corrected chi connectivity index (χ1v) is 12.2. The minimum atomic E-state index is -0.202. The molecule has 1 aliphatic heterocycles. The van der Waals surface area contributed by atoms with Crippen LogP contribution in [-0.2, 0) is 11.3 Å². The number of methoxy groups -OCH3 is 2. The van der Waals surface area contributed by atoms with Gasteiger partial charge >= 0.3 is 0 Å². The summed E-state index contributed by atoms with van der Waals surface area (Å²) < 4.78 is 22.7. The monoisotopic (exact) mass is 490 g/mol. The van der Waals surface area contributed by atoms with Crippen LogP contribution in [0.25, 0.3) is 0 Å². The fourth-order valence-corrected chi connectivity index (χ4v) is 4.31. The number of nitrogens with zero attached hydrogens (tertiary/aromatic N) is 1. The zero-order chi connectivity index (χ0) is 25.3. The van der Waals surface area contributed by atoms with Crippen molar-refractivity contribution in [2.45, 2.75) is 19.6 Å². The molecular weight excluding hydrogens is 456 g/mol. The lowest BCUT2D eigenvalue weighted by Crippen LogP contribution is -2.43. The highest BCUT2D eigenvalue weighted by atomic mass is 16.5. The quantitative estimate of drug-likeness (QED) is 0.455. The molecule has 1 heterocycles. The Bertz CT molecular complexity index is 1100. The number of carbonyl (C=O) groups excluding carboxylic acids is 1. The van der Waals surface area contributed by atoms with E-state index in [1.165, 1.54) is 11.1 Å². The van der Waals surface area contributed by atoms with Crippen molar-refractivity contribution in [3.8, 4) is 17.2 Å². The lowest BCUT2D eigenvalue weighted by atomic mass is 10.0. The summed E-state index contributed by atoms with van der Waals surface area (Å²) in [7, 11) is 3.11. The maximum Gasteiger partial charge on any atom is 0.251 e. The van der Waals surface area contributed by atoms with Gasteiger partial charge in [-0.2, -0.15) is 0 Å². The fourth-order valence-electron chi connectivity index (χ4n) is 4.31. The first-order chi connectivity index (χ1) is 17.6. The predicted molar refractivity (Wildman–Crippen MR) is 139 cm³/mol. The van der Waals surface area contributed by atoms with E-state index < -0.39 is 0 Å². The molecule has 4 rings (SSSR count). The Morgan fingerprint density at radius 1 is 0.972 bits per heavy atom. The largest absolute Gasteiger partial charge is 0.493 e. The van der Waals surface area contributed by atoms with E-state index in [-0.39, 0.29) is 11.9 Å². The lowest BCUT2D eigenvalue weighted by Gasteiger charge is -2.35. The van der Waals surface area contributed by atoms with Crippen LogP contribution in [0.2, 0.25) is 0 Å². The average molecular weight is 491 g/mol. The lowest BCUT2D eigenvalue weighted by molar-refractivity contribution is 0.0162. The van der Waals surface area contributed by atoms with E-state index in [1.54, 1.807) is 26.4 Å². The number of hydrogen-bond acceptors (Lipinski definition) is 6. The number of hydrogen-bond donors (Lipinski definition) is 1. The average Bonchev–Trinajstić information content (AvgIpc) is 2.93. The molecule has 1 saturated heterocycles. The second-order valence-electron chi connectivity index (χ2n) is 8.77. The number of nitrogens with one attached hydrogen (secondary N) is 1. The van der Waals surface area contributed by atoms with Crippen molar-refractivity contribution in [3.63, 3.8) is 0 Å². The molecule has 190 valence electrons. The molecule has 0 aromatic heterocycles. The van der Waals surface area contributed by atoms with Gasteiger partial charge in [-0.05, 0) is 30.2 Å². The van der Waals surface area contributed by atoms with Gasteiger partial charge in [0, 0.05) is 25.2 Å². The van der Waals surface area contributed by atoms with Crippen molar-refractivity contribution in [1.82, 2.24) is 10.2 Å². The van der Waals surface area contributed by atoms with Crippen LogP contribution in [0.1, 0.15) is 33.1 Å². The summed E-state index contributed by atoms with van der Waals surface area (Å²) in [4.78, 5) is 15.6. The van der Waals surface area contributed by atoms with Gasteiger partial charge < -0.3 is 24.3 Å². The summed E-state index contributed by atoms with van der Waals surface area (Å²) in [6.07, 6.45) is 0. The minimum Gasteiger partial charge on any atom is -0.493 e. The Kier molecular flexibility index (Phi) is 8.81. The van der Waals surface area contributed by atoms with Crippen molar-refractivity contribution < 1.29 is 23.7 Å². The molecule has 7 nitrogen and oxygen atoms in total. The Hall–Kier alpha value is -3.55. The summed E-state index contributed by atoms with van der Waals surface area (Å²) in [6.45, 7) is 5.93. The van der Waals surface area contributed by atoms with Gasteiger partial charge in [-0.15, -0.1) is 0 Å². The van der Waals surface area contributed by atoms with E-state index in [2.05, 4.69) is 41.4 Å². The SMILES string of the molecule is COc1cc(C(=O)NCC(c2ccc(C)cc2)N2CCOCC2)cc(OC)c1OCc1ccccc1. The summed E-state index contributed by atoms with van der Waals surface area (Å²) in [6, 6.07) is 21.8. The van der Waals surface area contributed by atoms with Crippen molar-refractivity contribution in [1.29, 1.82) is 0 Å². The number of aryl methyl sites for hydroxylation is 1. The molecule has 0 spiro atoms. The van der Waals surface area contributed by atoms with Crippen LogP contribution in [0.5, 0.6) is 17.2 Å². The minimum absolute atomic E-state index is 0.0516. The molecule has 3 aromatic rings. The third-order valence-electron chi connectivity index (χ3n) is 6.35. The normalized spacial score (nSPS) is 14.6. The summed E-state index contributed by atoms with van der Waals surface area (Å²) >= 11 is 0. The Balaban J connectivity index is 1.50. The molecular formula is C29H34N2O5. The zero-order valence-corrected chi connectivity index (χ0v) is 21.2. The Morgan fingerprint density at radius 2 is 1.61 bits per heavy atom. The van der Waals surface area contributed by atoms with E-state index in [0.717, 1.165) is 18.7 Å². The number of ether oxygens (including phenoxy) is 4. The fraction of sp³-hybridized carbons (Fsp3) is 0.345. The molecule has 1 N–H and O–H groups in total. The van der Waals surface area contributed by atoms with Gasteiger partial charge in [-0.3, -0.25) is 9.69 Å². The molecule has 1 amide bonds. The van der Waals surface area contributed by atoms with Gasteiger partial charge in [0.1, 0.15) is 6.61 Å². The molecule has 1 fully saturated rings. The second kappa shape index (κ2) is 12.4. The van der Waals surface area contributed by atoms with Crippen molar-refractivity contribution in [2.75, 3.05) is 47.1 Å². The second-order valence-corrected chi connectivity index (χ2v) is 8.77. The zero-order valence-electron chi connectivity index (χ0n) is 21.2. The van der Waals surface area contributed by atoms with Gasteiger partial charge in [0.25, 0.3) is 5.91 Å². The van der Waals surface area contributed by atoms with Crippen LogP contribution in [0, 0.1) is 6.92 Å². The number of morpholine rings is 1. The van der Waals surface area contributed by atoms with E-state index in [0.29, 0.717) is 49.2 Å². The third kappa shape index (κ3) is 6.36. The standard InChI is InChI=1S/C29H34N2O5/c1-21-9-11-23(12-10-21)25(31-13-15-35-16-14-31)19-30-29(32)24-17-26(33-2)28(27(18-24)34-3)36-20-22-7-5-4-6-8-22/h4-12,17-18,25H,13-16,19-20H2,1-3H3,(H,30,32). The first-order valence-electron chi connectivity index (χ1n) is 12.2. The summed E-state index contributed by atoms with van der Waals surface area (Å²) in [5.74, 6) is 1.15. The molecule has 3 aromatic carbocycles. The molecule has 1 unspecified atom stereocenters. The van der Waals surface area contributed by atoms with E-state index in [9.17, 15) is 4.79 Å². The van der Waals surface area contributed by atoms with Crippen LogP contribution in [0.3, 0.4) is 0 Å². The van der Waals surface area contributed by atoms with Crippen molar-refractivity contribution in [3.05, 3.63) is 89.0 Å². The number of amides is 1. The van der Waals surface area contributed by atoms with Crippen LogP contribution >= 0.6 is 0 Å². The number of rotatable bonds is 10. The molecule has 0 radical (unpaired) electrons. The van der Waals surface area contributed by atoms with Crippen molar-refractivity contribution >= 4 is 5.91 Å². The van der Waals surface area contributed by atoms with Gasteiger partial charge in [-0.25, -0.2) is 0 Å². The van der Waals surface area contributed by atoms with Crippen LogP contribution in [0.4, 0.5) is 0 Å². The van der Waals surface area contributed by atoms with E-state index in [1.807, 2.05) is 30.3 Å². The smallest absolute Gasteiger partial charge is 0.251 e. The predicted octanol–water partition coefficient (Wildman–Crippen LogP) is 4.39. The van der Waals surface area contributed by atoms with Crippen LogP contribution in [-0.4, -0.2) is 57.9 Å². The topological polar surface area (TPSA) is 69.3 Å². The molecule has 1 atom stereocenters. The van der Waals surface area contributed by atoms with Crippen molar-refractivity contribution in [2.24, 2.45) is 0 Å². The highest BCUT2D eigenvalue weighted by Crippen LogP contribution is 2.39. The molecule has 36 heavy (non-hydrogen) atoms.